The van der Waals surface area contributed by atoms with E-state index in [1.165, 1.54) is 36.0 Å². The van der Waals surface area contributed by atoms with Crippen LogP contribution in [-0.2, 0) is 16.1 Å². The van der Waals surface area contributed by atoms with E-state index in [4.69, 9.17) is 4.74 Å². The van der Waals surface area contributed by atoms with Crippen molar-refractivity contribution in [2.45, 2.75) is 18.6 Å². The van der Waals surface area contributed by atoms with Crippen molar-refractivity contribution in [3.63, 3.8) is 0 Å². The van der Waals surface area contributed by atoms with Gasteiger partial charge in [-0.1, -0.05) is 42.1 Å². The highest BCUT2D eigenvalue weighted by molar-refractivity contribution is 7.99. The Labute approximate surface area is 165 Å². The molecule has 0 aliphatic heterocycles. The Morgan fingerprint density at radius 1 is 1.07 bits per heavy atom. The van der Waals surface area contributed by atoms with E-state index in [0.717, 1.165) is 11.4 Å². The maximum atomic E-state index is 12.9. The van der Waals surface area contributed by atoms with Crippen LogP contribution < -0.4 is 0 Å². The quantitative estimate of drug-likeness (QED) is 0.327. The molecule has 8 heteroatoms. The summed E-state index contributed by atoms with van der Waals surface area (Å²) in [5, 5.41) is 8.96. The largest absolute Gasteiger partial charge is 0.457 e. The minimum atomic E-state index is -0.535. The van der Waals surface area contributed by atoms with Gasteiger partial charge in [0.25, 0.3) is 0 Å². The standard InChI is InChI=1S/C20H18FN3O3S/c1-2-24-19(15-6-4-3-5-7-15)22-23-20(24)28-13-18(26)27-12-17(25)14-8-10-16(21)11-9-14/h3-11H,2,12-13H2,1H3. The summed E-state index contributed by atoms with van der Waals surface area (Å²) in [5.41, 5.74) is 1.23. The van der Waals surface area contributed by atoms with E-state index in [1.54, 1.807) is 0 Å². The summed E-state index contributed by atoms with van der Waals surface area (Å²) in [6, 6.07) is 14.7. The number of nitrogens with zero attached hydrogens (tertiary/aromatic N) is 3. The van der Waals surface area contributed by atoms with Crippen LogP contribution in [0.5, 0.6) is 0 Å². The van der Waals surface area contributed by atoms with Gasteiger partial charge in [0.1, 0.15) is 5.82 Å². The van der Waals surface area contributed by atoms with Gasteiger partial charge < -0.3 is 9.30 Å². The fraction of sp³-hybridized carbons (Fsp3) is 0.200. The van der Waals surface area contributed by atoms with E-state index in [1.807, 2.05) is 41.8 Å². The Kier molecular flexibility index (Phi) is 6.54. The maximum Gasteiger partial charge on any atom is 0.316 e. The summed E-state index contributed by atoms with van der Waals surface area (Å²) in [7, 11) is 0. The van der Waals surface area contributed by atoms with Gasteiger partial charge in [0.15, 0.2) is 23.4 Å². The van der Waals surface area contributed by atoms with E-state index in [0.29, 0.717) is 17.3 Å². The van der Waals surface area contributed by atoms with Crippen molar-refractivity contribution in [2.24, 2.45) is 0 Å². The average Bonchev–Trinajstić information content (AvgIpc) is 3.14. The Bertz CT molecular complexity index is 959. The number of carbonyl (C=O) groups excluding carboxylic acids is 2. The second-order valence-electron chi connectivity index (χ2n) is 5.80. The summed E-state index contributed by atoms with van der Waals surface area (Å²) in [4.78, 5) is 23.9. The molecule has 3 rings (SSSR count). The molecule has 0 aliphatic carbocycles. The first kappa shape index (κ1) is 19.8. The number of halogens is 1. The summed E-state index contributed by atoms with van der Waals surface area (Å²) in [6.07, 6.45) is 0. The van der Waals surface area contributed by atoms with Crippen LogP contribution in [-0.4, -0.2) is 38.9 Å². The predicted octanol–water partition coefficient (Wildman–Crippen LogP) is 3.62. The highest BCUT2D eigenvalue weighted by Crippen LogP contribution is 2.23. The van der Waals surface area contributed by atoms with Crippen molar-refractivity contribution < 1.29 is 18.7 Å². The molecular formula is C20H18FN3O3S. The molecule has 0 N–H and O–H groups in total. The number of ether oxygens (including phenoxy) is 1. The van der Waals surface area contributed by atoms with Crippen LogP contribution in [0.25, 0.3) is 11.4 Å². The number of Topliss-reactive ketones (excluding diaryl/α,β-unsaturated/α-hetero) is 1. The molecule has 2 aromatic carbocycles. The lowest BCUT2D eigenvalue weighted by molar-refractivity contribution is -0.139. The third-order valence-electron chi connectivity index (χ3n) is 3.91. The Hall–Kier alpha value is -3.00. The van der Waals surface area contributed by atoms with Crippen LogP contribution in [0, 0.1) is 5.82 Å². The molecule has 0 saturated carbocycles. The second kappa shape index (κ2) is 9.27. The van der Waals surface area contributed by atoms with Crippen molar-refractivity contribution in [3.05, 3.63) is 66.0 Å². The van der Waals surface area contributed by atoms with Gasteiger partial charge in [-0.05, 0) is 31.2 Å². The van der Waals surface area contributed by atoms with Crippen molar-refractivity contribution >= 4 is 23.5 Å². The first-order valence-corrected chi connectivity index (χ1v) is 9.63. The lowest BCUT2D eigenvalue weighted by Gasteiger charge is -2.07. The number of hydrogen-bond donors (Lipinski definition) is 0. The number of benzene rings is 2. The number of hydrogen-bond acceptors (Lipinski definition) is 6. The average molecular weight is 399 g/mol. The van der Waals surface area contributed by atoms with Gasteiger partial charge in [-0.15, -0.1) is 10.2 Å². The van der Waals surface area contributed by atoms with Gasteiger partial charge in [0.2, 0.25) is 0 Å². The third-order valence-corrected chi connectivity index (χ3v) is 4.85. The van der Waals surface area contributed by atoms with Crippen LogP contribution in [0.3, 0.4) is 0 Å². The summed E-state index contributed by atoms with van der Waals surface area (Å²) in [6.45, 7) is 2.23. The third kappa shape index (κ3) is 4.83. The SMILES string of the molecule is CCn1c(SCC(=O)OCC(=O)c2ccc(F)cc2)nnc1-c1ccccc1. The molecule has 0 unspecified atom stereocenters. The number of rotatable bonds is 8. The minimum absolute atomic E-state index is 0.00359. The molecular weight excluding hydrogens is 381 g/mol. The first-order valence-electron chi connectivity index (χ1n) is 8.64. The van der Waals surface area contributed by atoms with Crippen LogP contribution >= 0.6 is 11.8 Å². The van der Waals surface area contributed by atoms with Crippen molar-refractivity contribution in [3.8, 4) is 11.4 Å². The highest BCUT2D eigenvalue weighted by atomic mass is 32.2. The second-order valence-corrected chi connectivity index (χ2v) is 6.74. The molecule has 0 fully saturated rings. The fourth-order valence-electron chi connectivity index (χ4n) is 2.51. The Morgan fingerprint density at radius 2 is 1.79 bits per heavy atom. The number of ketones is 1. The Morgan fingerprint density at radius 3 is 2.46 bits per heavy atom. The molecule has 6 nitrogen and oxygen atoms in total. The molecule has 3 aromatic rings. The molecule has 0 bridgehead atoms. The maximum absolute atomic E-state index is 12.9. The molecule has 0 atom stereocenters. The van der Waals surface area contributed by atoms with Crippen LogP contribution in [0.2, 0.25) is 0 Å². The molecule has 0 radical (unpaired) electrons. The number of carbonyl (C=O) groups is 2. The van der Waals surface area contributed by atoms with Crippen molar-refractivity contribution in [1.82, 2.24) is 14.8 Å². The highest BCUT2D eigenvalue weighted by Gasteiger charge is 2.16. The molecule has 0 amide bonds. The molecule has 28 heavy (non-hydrogen) atoms. The van der Waals surface area contributed by atoms with E-state index < -0.39 is 11.8 Å². The smallest absolute Gasteiger partial charge is 0.316 e. The monoisotopic (exact) mass is 399 g/mol. The van der Waals surface area contributed by atoms with Crippen molar-refractivity contribution in [1.29, 1.82) is 0 Å². The van der Waals surface area contributed by atoms with E-state index >= 15 is 0 Å². The topological polar surface area (TPSA) is 74.1 Å². The minimum Gasteiger partial charge on any atom is -0.457 e. The zero-order chi connectivity index (χ0) is 19.9. The van der Waals surface area contributed by atoms with Gasteiger partial charge in [0.05, 0.1) is 5.75 Å². The molecule has 0 spiro atoms. The van der Waals surface area contributed by atoms with E-state index in [-0.39, 0.29) is 18.1 Å². The lowest BCUT2D eigenvalue weighted by Crippen LogP contribution is -2.16. The fourth-order valence-corrected chi connectivity index (χ4v) is 3.31. The first-order chi connectivity index (χ1) is 13.6. The number of esters is 1. The van der Waals surface area contributed by atoms with Gasteiger partial charge in [-0.3, -0.25) is 9.59 Å². The van der Waals surface area contributed by atoms with Crippen LogP contribution in [0.15, 0.2) is 59.8 Å². The predicted molar refractivity (Wildman–Crippen MR) is 104 cm³/mol. The normalized spacial score (nSPS) is 10.6. The van der Waals surface area contributed by atoms with Gasteiger partial charge in [0, 0.05) is 17.7 Å². The van der Waals surface area contributed by atoms with Crippen molar-refractivity contribution in [2.75, 3.05) is 12.4 Å². The number of aromatic nitrogens is 3. The van der Waals surface area contributed by atoms with E-state index in [9.17, 15) is 14.0 Å². The summed E-state index contributed by atoms with van der Waals surface area (Å²) < 4.78 is 19.8. The molecule has 1 heterocycles. The van der Waals surface area contributed by atoms with Gasteiger partial charge >= 0.3 is 5.97 Å². The number of thioether (sulfide) groups is 1. The molecule has 0 saturated heterocycles. The van der Waals surface area contributed by atoms with Gasteiger partial charge in [-0.25, -0.2) is 4.39 Å². The molecule has 1 aromatic heterocycles. The molecule has 144 valence electrons. The zero-order valence-electron chi connectivity index (χ0n) is 15.2. The Balaban J connectivity index is 1.55. The summed E-state index contributed by atoms with van der Waals surface area (Å²) in [5.74, 6) is -0.622. The molecule has 0 aliphatic rings. The van der Waals surface area contributed by atoms with Gasteiger partial charge in [-0.2, -0.15) is 0 Å². The van der Waals surface area contributed by atoms with Crippen LogP contribution in [0.4, 0.5) is 4.39 Å². The lowest BCUT2D eigenvalue weighted by atomic mass is 10.1. The summed E-state index contributed by atoms with van der Waals surface area (Å²) >= 11 is 1.20. The van der Waals surface area contributed by atoms with Crippen LogP contribution in [0.1, 0.15) is 17.3 Å². The zero-order valence-corrected chi connectivity index (χ0v) is 16.0. The van der Waals surface area contributed by atoms with E-state index in [2.05, 4.69) is 10.2 Å².